The average Bonchev–Trinajstić information content (AvgIpc) is 2.83. The van der Waals surface area contributed by atoms with Crippen LogP contribution in [-0.2, 0) is 20.6 Å². The first-order chi connectivity index (χ1) is 13.5. The number of alkyl halides is 3. The van der Waals surface area contributed by atoms with Gasteiger partial charge in [-0.05, 0) is 32.4 Å². The summed E-state index contributed by atoms with van der Waals surface area (Å²) in [5.41, 5.74) is 1.31. The number of amides is 3. The van der Waals surface area contributed by atoms with Crippen LogP contribution in [0.15, 0.2) is 12.1 Å². The monoisotopic (exact) mass is 434 g/mol. The fourth-order valence-electron chi connectivity index (χ4n) is 3.18. The summed E-state index contributed by atoms with van der Waals surface area (Å²) in [5, 5.41) is -0.0700. The van der Waals surface area contributed by atoms with Gasteiger partial charge in [-0.2, -0.15) is 18.2 Å². The highest BCUT2D eigenvalue weighted by Crippen LogP contribution is 2.35. The number of hydrazine groups is 1. The Balaban J connectivity index is 2.09. The number of hydrogen-bond acceptors (Lipinski definition) is 5. The van der Waals surface area contributed by atoms with Crippen LogP contribution in [-0.4, -0.2) is 45.7 Å². The summed E-state index contributed by atoms with van der Waals surface area (Å²) in [4.78, 5) is 42.4. The van der Waals surface area contributed by atoms with E-state index in [1.165, 1.54) is 0 Å². The summed E-state index contributed by atoms with van der Waals surface area (Å²) in [6, 6.07) is 1.70. The third kappa shape index (κ3) is 4.98. The molecule has 1 fully saturated rings. The van der Waals surface area contributed by atoms with E-state index >= 15 is 0 Å². The fourth-order valence-corrected chi connectivity index (χ4v) is 3.44. The van der Waals surface area contributed by atoms with Gasteiger partial charge in [0.15, 0.2) is 0 Å². The molecule has 2 heterocycles. The third-order valence-corrected chi connectivity index (χ3v) is 5.21. The van der Waals surface area contributed by atoms with Crippen molar-refractivity contribution in [3.63, 3.8) is 0 Å². The lowest BCUT2D eigenvalue weighted by Crippen LogP contribution is -2.37. The van der Waals surface area contributed by atoms with Gasteiger partial charge >= 0.3 is 6.18 Å². The SMILES string of the molecule is CCN(CC)C(=O)CCC1C(=O)N(Nc2ccc(C(F)(F)F)c(Cl)n2)C(=O)C1C. The van der Waals surface area contributed by atoms with Crippen LogP contribution in [0.5, 0.6) is 0 Å². The van der Waals surface area contributed by atoms with Gasteiger partial charge in [0.05, 0.1) is 11.5 Å². The van der Waals surface area contributed by atoms with Gasteiger partial charge in [-0.15, -0.1) is 0 Å². The molecule has 1 aromatic heterocycles. The van der Waals surface area contributed by atoms with E-state index in [4.69, 9.17) is 11.6 Å². The van der Waals surface area contributed by atoms with E-state index in [1.807, 2.05) is 13.8 Å². The van der Waals surface area contributed by atoms with Crippen LogP contribution in [0.4, 0.5) is 19.0 Å². The number of hydrogen-bond donors (Lipinski definition) is 1. The van der Waals surface area contributed by atoms with Gasteiger partial charge in [0.2, 0.25) is 5.91 Å². The minimum Gasteiger partial charge on any atom is -0.343 e. The Bertz CT molecular complexity index is 799. The molecular weight excluding hydrogens is 413 g/mol. The molecule has 0 radical (unpaired) electrons. The largest absolute Gasteiger partial charge is 0.419 e. The average molecular weight is 435 g/mol. The molecule has 0 aromatic carbocycles. The number of nitrogens with zero attached hydrogens (tertiary/aromatic N) is 3. The molecule has 2 atom stereocenters. The van der Waals surface area contributed by atoms with Crippen molar-refractivity contribution in [2.24, 2.45) is 11.8 Å². The lowest BCUT2D eigenvalue weighted by molar-refractivity contribution is -0.139. The Morgan fingerprint density at radius 1 is 1.24 bits per heavy atom. The lowest BCUT2D eigenvalue weighted by Gasteiger charge is -2.20. The van der Waals surface area contributed by atoms with Crippen molar-refractivity contribution in [2.45, 2.75) is 39.8 Å². The number of halogens is 4. The second kappa shape index (κ2) is 8.98. The summed E-state index contributed by atoms with van der Waals surface area (Å²) >= 11 is 5.57. The molecule has 2 rings (SSSR count). The molecule has 7 nitrogen and oxygen atoms in total. The van der Waals surface area contributed by atoms with Crippen LogP contribution in [0.25, 0.3) is 0 Å². The second-order valence-electron chi connectivity index (χ2n) is 6.66. The van der Waals surface area contributed by atoms with Gasteiger partial charge in [-0.1, -0.05) is 18.5 Å². The van der Waals surface area contributed by atoms with E-state index in [-0.39, 0.29) is 24.6 Å². The molecule has 1 aliphatic rings. The predicted octanol–water partition coefficient (Wildman–Crippen LogP) is 3.35. The summed E-state index contributed by atoms with van der Waals surface area (Å²) in [6.07, 6.45) is -4.35. The van der Waals surface area contributed by atoms with Crippen LogP contribution >= 0.6 is 11.6 Å². The number of carbonyl (C=O) groups is 3. The second-order valence-corrected chi connectivity index (χ2v) is 7.01. The summed E-state index contributed by atoms with van der Waals surface area (Å²) in [5.74, 6) is -2.77. The van der Waals surface area contributed by atoms with E-state index < -0.39 is 40.5 Å². The molecule has 0 spiro atoms. The molecule has 3 amide bonds. The van der Waals surface area contributed by atoms with E-state index in [1.54, 1.807) is 11.8 Å². The minimum absolute atomic E-state index is 0.106. The first-order valence-corrected chi connectivity index (χ1v) is 9.55. The molecule has 0 saturated carbocycles. The van der Waals surface area contributed by atoms with Gasteiger partial charge in [0.25, 0.3) is 11.8 Å². The quantitative estimate of drug-likeness (QED) is 0.525. The molecule has 2 unspecified atom stereocenters. The van der Waals surface area contributed by atoms with Crippen molar-refractivity contribution in [3.05, 3.63) is 22.8 Å². The first kappa shape index (κ1) is 22.9. The number of pyridine rings is 1. The molecule has 1 saturated heterocycles. The number of anilines is 1. The highest BCUT2D eigenvalue weighted by molar-refractivity contribution is 6.30. The van der Waals surface area contributed by atoms with Crippen LogP contribution in [0.1, 0.15) is 39.2 Å². The van der Waals surface area contributed by atoms with E-state index in [9.17, 15) is 27.6 Å². The lowest BCUT2D eigenvalue weighted by atomic mass is 9.92. The predicted molar refractivity (Wildman–Crippen MR) is 99.5 cm³/mol. The van der Waals surface area contributed by atoms with Crippen LogP contribution in [0.2, 0.25) is 5.15 Å². The Hall–Kier alpha value is -2.36. The summed E-state index contributed by atoms with van der Waals surface area (Å²) in [7, 11) is 0. The number of nitrogens with one attached hydrogen (secondary N) is 1. The van der Waals surface area contributed by atoms with Crippen molar-refractivity contribution >= 4 is 35.1 Å². The summed E-state index contributed by atoms with van der Waals surface area (Å²) < 4.78 is 38.3. The Kier molecular flexibility index (Phi) is 7.10. The highest BCUT2D eigenvalue weighted by atomic mass is 35.5. The topological polar surface area (TPSA) is 82.6 Å². The normalized spacial score (nSPS) is 19.6. The smallest absolute Gasteiger partial charge is 0.343 e. The Morgan fingerprint density at radius 2 is 1.86 bits per heavy atom. The van der Waals surface area contributed by atoms with E-state index in [2.05, 4.69) is 10.4 Å². The van der Waals surface area contributed by atoms with Gasteiger partial charge < -0.3 is 4.90 Å². The van der Waals surface area contributed by atoms with E-state index in [0.29, 0.717) is 19.2 Å². The van der Waals surface area contributed by atoms with E-state index in [0.717, 1.165) is 11.1 Å². The zero-order valence-corrected chi connectivity index (χ0v) is 17.0. The van der Waals surface area contributed by atoms with Gasteiger partial charge in [0.1, 0.15) is 11.0 Å². The standard InChI is InChI=1S/C18H22ClF3N4O3/c1-4-25(5-2)14(27)9-6-11-10(3)16(28)26(17(11)29)24-13-8-7-12(15(19)23-13)18(20,21)22/h7-8,10-11H,4-6,9H2,1-3H3,(H,23,24). The van der Waals surface area contributed by atoms with Gasteiger partial charge in [0, 0.05) is 25.4 Å². The Morgan fingerprint density at radius 3 is 2.38 bits per heavy atom. The molecule has 0 aliphatic carbocycles. The summed E-state index contributed by atoms with van der Waals surface area (Å²) in [6.45, 7) is 6.37. The van der Waals surface area contributed by atoms with Crippen molar-refractivity contribution in [2.75, 3.05) is 18.5 Å². The molecule has 11 heteroatoms. The number of carbonyl (C=O) groups excluding carboxylic acids is 3. The number of imide groups is 1. The van der Waals surface area contributed by atoms with Crippen LogP contribution in [0.3, 0.4) is 0 Å². The molecule has 1 aromatic rings. The molecule has 0 bridgehead atoms. The van der Waals surface area contributed by atoms with Crippen molar-refractivity contribution in [3.8, 4) is 0 Å². The molecular formula is C18H22ClF3N4O3. The van der Waals surface area contributed by atoms with Crippen molar-refractivity contribution in [1.82, 2.24) is 14.9 Å². The molecule has 1 aliphatic heterocycles. The molecule has 160 valence electrons. The maximum Gasteiger partial charge on any atom is 0.419 e. The zero-order valence-electron chi connectivity index (χ0n) is 16.2. The van der Waals surface area contributed by atoms with Gasteiger partial charge in [-0.3, -0.25) is 19.8 Å². The fraction of sp³-hybridized carbons (Fsp3) is 0.556. The highest BCUT2D eigenvalue weighted by Gasteiger charge is 2.45. The van der Waals surface area contributed by atoms with Gasteiger partial charge in [-0.25, -0.2) is 4.98 Å². The maximum absolute atomic E-state index is 12.8. The first-order valence-electron chi connectivity index (χ1n) is 9.17. The zero-order chi connectivity index (χ0) is 21.9. The van der Waals surface area contributed by atoms with Crippen molar-refractivity contribution in [1.29, 1.82) is 0 Å². The Labute approximate surface area is 171 Å². The van der Waals surface area contributed by atoms with Crippen LogP contribution in [0, 0.1) is 11.8 Å². The third-order valence-electron chi connectivity index (χ3n) is 4.92. The van der Waals surface area contributed by atoms with Crippen LogP contribution < -0.4 is 5.43 Å². The number of rotatable bonds is 7. The number of aromatic nitrogens is 1. The van der Waals surface area contributed by atoms with Crippen molar-refractivity contribution < 1.29 is 27.6 Å². The maximum atomic E-state index is 12.8. The molecule has 29 heavy (non-hydrogen) atoms. The molecule has 1 N–H and O–H groups in total. The minimum atomic E-state index is -4.67.